The molecule has 1 aliphatic heterocycles. The molecule has 1 saturated heterocycles. The fourth-order valence-electron chi connectivity index (χ4n) is 1.88. The molecule has 1 aromatic heterocycles. The first kappa shape index (κ1) is 15.2. The smallest absolute Gasteiger partial charge is 0.253 e. The van der Waals surface area contributed by atoms with Gasteiger partial charge in [0, 0.05) is 13.0 Å². The van der Waals surface area contributed by atoms with Gasteiger partial charge in [-0.05, 0) is 22.0 Å². The largest absolute Gasteiger partial charge is 0.392 e. The predicted molar refractivity (Wildman–Crippen MR) is 74.5 cm³/mol. The van der Waals surface area contributed by atoms with Gasteiger partial charge in [0.15, 0.2) is 0 Å². The molecule has 2 atom stereocenters. The van der Waals surface area contributed by atoms with Gasteiger partial charge in [-0.3, -0.25) is 4.79 Å². The third-order valence-electron chi connectivity index (χ3n) is 2.75. The molecule has 0 bridgehead atoms. The first-order valence-corrected chi connectivity index (χ1v) is 8.60. The topological polar surface area (TPSA) is 101 Å². The van der Waals surface area contributed by atoms with Crippen LogP contribution in [-0.4, -0.2) is 42.4 Å². The Balaban J connectivity index is 2.41. The number of halogens is 2. The molecule has 0 spiro atoms. The molecule has 0 saturated carbocycles. The number of rotatable bonds is 3. The Morgan fingerprint density at radius 3 is 2.74 bits per heavy atom. The van der Waals surface area contributed by atoms with Crippen molar-refractivity contribution < 1.29 is 18.3 Å². The quantitative estimate of drug-likeness (QED) is 0.797. The highest BCUT2D eigenvalue weighted by molar-refractivity contribution is 9.11. The highest BCUT2D eigenvalue weighted by Gasteiger charge is 2.43. The first-order valence-electron chi connectivity index (χ1n) is 5.17. The van der Waals surface area contributed by atoms with Crippen LogP contribution in [0.5, 0.6) is 0 Å². The zero-order valence-electron chi connectivity index (χ0n) is 9.42. The minimum atomic E-state index is -3.89. The van der Waals surface area contributed by atoms with E-state index in [-0.39, 0.29) is 22.2 Å². The number of β-amino-alcohol motifs (C(OH)–C–C–N with tert-alkyl or cyclic N) is 1. The Hall–Kier alpha value is -0.190. The van der Waals surface area contributed by atoms with Crippen molar-refractivity contribution in [2.45, 2.75) is 22.8 Å². The second kappa shape index (κ2) is 5.30. The maximum absolute atomic E-state index is 12.4. The van der Waals surface area contributed by atoms with Crippen LogP contribution in [0, 0.1) is 0 Å². The molecule has 0 aliphatic carbocycles. The zero-order chi connectivity index (χ0) is 14.4. The van der Waals surface area contributed by atoms with Gasteiger partial charge in [-0.1, -0.05) is 11.6 Å². The van der Waals surface area contributed by atoms with E-state index in [4.69, 9.17) is 17.3 Å². The van der Waals surface area contributed by atoms with Gasteiger partial charge in [-0.2, -0.15) is 4.31 Å². The average molecular weight is 390 g/mol. The summed E-state index contributed by atoms with van der Waals surface area (Å²) in [5, 5.41) is 9.82. The molecule has 1 amide bonds. The average Bonchev–Trinajstić information content (AvgIpc) is 2.84. The van der Waals surface area contributed by atoms with Gasteiger partial charge in [0.25, 0.3) is 10.0 Å². The van der Waals surface area contributed by atoms with Crippen LogP contribution in [-0.2, 0) is 14.8 Å². The second-order valence-corrected chi connectivity index (χ2v) is 8.96. The molecule has 10 heteroatoms. The predicted octanol–water partition coefficient (Wildman–Crippen LogP) is 0.773. The van der Waals surface area contributed by atoms with Crippen molar-refractivity contribution in [1.29, 1.82) is 0 Å². The molecule has 6 nitrogen and oxygen atoms in total. The van der Waals surface area contributed by atoms with Gasteiger partial charge in [0.05, 0.1) is 14.9 Å². The van der Waals surface area contributed by atoms with E-state index in [9.17, 15) is 18.3 Å². The van der Waals surface area contributed by atoms with E-state index in [1.807, 2.05) is 0 Å². The molecule has 2 rings (SSSR count). The van der Waals surface area contributed by atoms with E-state index in [0.717, 1.165) is 15.6 Å². The van der Waals surface area contributed by atoms with Crippen LogP contribution in [0.2, 0.25) is 5.02 Å². The van der Waals surface area contributed by atoms with Crippen molar-refractivity contribution in [3.05, 3.63) is 14.9 Å². The molecule has 0 radical (unpaired) electrons. The van der Waals surface area contributed by atoms with Crippen LogP contribution < -0.4 is 5.73 Å². The van der Waals surface area contributed by atoms with Gasteiger partial charge >= 0.3 is 0 Å². The number of nitrogens with zero attached hydrogens (tertiary/aromatic N) is 1. The minimum Gasteiger partial charge on any atom is -0.392 e. The van der Waals surface area contributed by atoms with Crippen molar-refractivity contribution in [3.63, 3.8) is 0 Å². The summed E-state index contributed by atoms with van der Waals surface area (Å²) in [4.78, 5) is 11.3. The molecule has 1 fully saturated rings. The third kappa shape index (κ3) is 2.81. The fraction of sp³-hybridized carbons (Fsp3) is 0.444. The second-order valence-electron chi connectivity index (χ2n) is 4.07. The summed E-state index contributed by atoms with van der Waals surface area (Å²) in [5.41, 5.74) is 5.17. The standard InChI is InChI=1S/C9H10BrClN2O4S2/c10-8-5(11)2-7(18-8)19(16,17)13-3-4(14)1-6(13)9(12)15/h2,4,6,14H,1,3H2,(H2,12,15). The normalized spacial score (nSPS) is 24.8. The van der Waals surface area contributed by atoms with Gasteiger partial charge in [0.1, 0.15) is 10.3 Å². The molecule has 2 unspecified atom stereocenters. The number of sulfonamides is 1. The number of hydrogen-bond acceptors (Lipinski definition) is 5. The molecule has 2 heterocycles. The van der Waals surface area contributed by atoms with Crippen molar-refractivity contribution in [1.82, 2.24) is 4.31 Å². The summed E-state index contributed by atoms with van der Waals surface area (Å²) in [6.07, 6.45) is -0.888. The van der Waals surface area contributed by atoms with Gasteiger partial charge in [-0.25, -0.2) is 8.42 Å². The minimum absolute atomic E-state index is 0.00438. The van der Waals surface area contributed by atoms with E-state index in [1.165, 1.54) is 6.07 Å². The third-order valence-corrected chi connectivity index (χ3v) is 7.55. The van der Waals surface area contributed by atoms with Crippen LogP contribution in [0.15, 0.2) is 14.1 Å². The van der Waals surface area contributed by atoms with Crippen molar-refractivity contribution in [2.75, 3.05) is 6.54 Å². The lowest BCUT2D eigenvalue weighted by molar-refractivity contribution is -0.121. The summed E-state index contributed by atoms with van der Waals surface area (Å²) < 4.78 is 26.2. The van der Waals surface area contributed by atoms with Gasteiger partial charge in [-0.15, -0.1) is 11.3 Å². The van der Waals surface area contributed by atoms with Crippen LogP contribution in [0.4, 0.5) is 0 Å². The van der Waals surface area contributed by atoms with E-state index < -0.39 is 28.1 Å². The van der Waals surface area contributed by atoms with Crippen molar-refractivity contribution in [2.24, 2.45) is 5.73 Å². The van der Waals surface area contributed by atoms with E-state index in [1.54, 1.807) is 0 Å². The number of carbonyl (C=O) groups is 1. The lowest BCUT2D eigenvalue weighted by atomic mass is 10.2. The molecule has 0 aromatic carbocycles. The number of nitrogens with two attached hydrogens (primary N) is 1. The number of aliphatic hydroxyl groups excluding tert-OH is 1. The summed E-state index contributed by atoms with van der Waals surface area (Å²) in [6.45, 7) is -0.150. The van der Waals surface area contributed by atoms with Gasteiger partial charge in [0.2, 0.25) is 5.91 Å². The van der Waals surface area contributed by atoms with Crippen LogP contribution in [0.3, 0.4) is 0 Å². The molecule has 3 N–H and O–H groups in total. The molecule has 1 aliphatic rings. The highest BCUT2D eigenvalue weighted by atomic mass is 79.9. The number of aliphatic hydroxyl groups is 1. The van der Waals surface area contributed by atoms with E-state index in [0.29, 0.717) is 3.79 Å². The Kier molecular flexibility index (Phi) is 4.24. The number of hydrogen-bond donors (Lipinski definition) is 2. The monoisotopic (exact) mass is 388 g/mol. The summed E-state index contributed by atoms with van der Waals surface area (Å²) in [7, 11) is -3.89. The number of amides is 1. The Labute approximate surface area is 127 Å². The summed E-state index contributed by atoms with van der Waals surface area (Å²) in [6, 6.07) is 0.272. The van der Waals surface area contributed by atoms with Gasteiger partial charge < -0.3 is 10.8 Å². The molecular weight excluding hydrogens is 380 g/mol. The van der Waals surface area contributed by atoms with Crippen LogP contribution >= 0.6 is 38.9 Å². The van der Waals surface area contributed by atoms with E-state index in [2.05, 4.69) is 15.9 Å². The number of carbonyl (C=O) groups excluding carboxylic acids is 1. The molecule has 106 valence electrons. The first-order chi connectivity index (χ1) is 8.73. The van der Waals surface area contributed by atoms with Crippen molar-refractivity contribution in [3.8, 4) is 0 Å². The summed E-state index contributed by atoms with van der Waals surface area (Å²) in [5.74, 6) is -0.776. The lowest BCUT2D eigenvalue weighted by Gasteiger charge is -2.20. The molecular formula is C9H10BrClN2O4S2. The Bertz CT molecular complexity index is 598. The van der Waals surface area contributed by atoms with Crippen LogP contribution in [0.1, 0.15) is 6.42 Å². The fourth-order valence-corrected chi connectivity index (χ4v) is 6.05. The van der Waals surface area contributed by atoms with Crippen molar-refractivity contribution >= 4 is 54.8 Å². The Morgan fingerprint density at radius 1 is 1.63 bits per heavy atom. The number of primary amides is 1. The maximum Gasteiger partial charge on any atom is 0.253 e. The summed E-state index contributed by atoms with van der Waals surface area (Å²) >= 11 is 9.89. The molecule has 1 aromatic rings. The maximum atomic E-state index is 12.4. The zero-order valence-corrected chi connectivity index (χ0v) is 13.4. The van der Waals surface area contributed by atoms with E-state index >= 15 is 0 Å². The SMILES string of the molecule is NC(=O)C1CC(O)CN1S(=O)(=O)c1cc(Cl)c(Br)s1. The van der Waals surface area contributed by atoms with Crippen LogP contribution in [0.25, 0.3) is 0 Å². The lowest BCUT2D eigenvalue weighted by Crippen LogP contribution is -2.43. The highest BCUT2D eigenvalue weighted by Crippen LogP contribution is 2.37. The number of thiophene rings is 1. The Morgan fingerprint density at radius 2 is 2.26 bits per heavy atom. The molecule has 19 heavy (non-hydrogen) atoms.